The standard InChI is InChI=1S/C17H22ClN3O2/c1-3-15(13-10-20-21(2)11-13)19-9-12-7-14(18)17-16(8-12)22-5-4-6-23-17/h7-8,10-11,15,19H,3-6,9H2,1-2H3. The molecule has 2 heterocycles. The van der Waals surface area contributed by atoms with Crippen LogP contribution in [-0.4, -0.2) is 23.0 Å². The van der Waals surface area contributed by atoms with Crippen molar-refractivity contribution in [1.29, 1.82) is 0 Å². The summed E-state index contributed by atoms with van der Waals surface area (Å²) in [5, 5.41) is 8.41. The number of rotatable bonds is 5. The van der Waals surface area contributed by atoms with Gasteiger partial charge in [-0.2, -0.15) is 5.10 Å². The molecule has 23 heavy (non-hydrogen) atoms. The van der Waals surface area contributed by atoms with Crippen LogP contribution in [0.3, 0.4) is 0 Å². The van der Waals surface area contributed by atoms with Gasteiger partial charge in [0.2, 0.25) is 0 Å². The summed E-state index contributed by atoms with van der Waals surface area (Å²) < 4.78 is 13.2. The van der Waals surface area contributed by atoms with Gasteiger partial charge in [0, 0.05) is 37.8 Å². The molecule has 0 saturated carbocycles. The highest BCUT2D eigenvalue weighted by Gasteiger charge is 2.16. The zero-order chi connectivity index (χ0) is 16.2. The van der Waals surface area contributed by atoms with E-state index in [-0.39, 0.29) is 6.04 Å². The minimum Gasteiger partial charge on any atom is -0.489 e. The van der Waals surface area contributed by atoms with Crippen molar-refractivity contribution < 1.29 is 9.47 Å². The first-order valence-corrected chi connectivity index (χ1v) is 8.35. The van der Waals surface area contributed by atoms with E-state index in [1.807, 2.05) is 36.3 Å². The molecule has 5 nitrogen and oxygen atoms in total. The first kappa shape index (κ1) is 16.1. The number of halogens is 1. The Bertz CT molecular complexity index is 672. The molecule has 0 bridgehead atoms. The third kappa shape index (κ3) is 3.79. The minimum absolute atomic E-state index is 0.262. The van der Waals surface area contributed by atoms with Gasteiger partial charge in [-0.15, -0.1) is 0 Å². The summed E-state index contributed by atoms with van der Waals surface area (Å²) in [5.74, 6) is 1.40. The van der Waals surface area contributed by atoms with Crippen molar-refractivity contribution in [2.45, 2.75) is 32.4 Å². The molecule has 0 aliphatic carbocycles. The zero-order valence-corrected chi connectivity index (χ0v) is 14.3. The Balaban J connectivity index is 1.72. The van der Waals surface area contributed by atoms with E-state index in [0.29, 0.717) is 30.5 Å². The van der Waals surface area contributed by atoms with Gasteiger partial charge in [-0.3, -0.25) is 4.68 Å². The van der Waals surface area contributed by atoms with E-state index in [1.165, 1.54) is 5.56 Å². The molecule has 0 amide bonds. The van der Waals surface area contributed by atoms with Crippen LogP contribution in [0.2, 0.25) is 5.02 Å². The van der Waals surface area contributed by atoms with Gasteiger partial charge >= 0.3 is 0 Å². The predicted molar refractivity (Wildman–Crippen MR) is 90.1 cm³/mol. The summed E-state index contributed by atoms with van der Waals surface area (Å²) >= 11 is 6.34. The van der Waals surface area contributed by atoms with E-state index >= 15 is 0 Å². The van der Waals surface area contributed by atoms with Crippen LogP contribution in [0.5, 0.6) is 11.5 Å². The minimum atomic E-state index is 0.262. The van der Waals surface area contributed by atoms with Gasteiger partial charge in [-0.25, -0.2) is 0 Å². The Morgan fingerprint density at radius 3 is 2.91 bits per heavy atom. The maximum atomic E-state index is 6.34. The van der Waals surface area contributed by atoms with Crippen molar-refractivity contribution in [3.63, 3.8) is 0 Å². The molecule has 1 unspecified atom stereocenters. The molecule has 1 atom stereocenters. The molecule has 1 aliphatic heterocycles. The molecule has 2 aromatic rings. The second kappa shape index (κ2) is 7.23. The normalized spacial score (nSPS) is 15.3. The topological polar surface area (TPSA) is 48.3 Å². The number of aryl methyl sites for hydroxylation is 1. The van der Waals surface area contributed by atoms with Gasteiger partial charge in [0.1, 0.15) is 0 Å². The van der Waals surface area contributed by atoms with E-state index in [4.69, 9.17) is 21.1 Å². The highest BCUT2D eigenvalue weighted by Crippen LogP contribution is 2.38. The Labute approximate surface area is 141 Å². The van der Waals surface area contributed by atoms with Crippen LogP contribution in [-0.2, 0) is 13.6 Å². The second-order valence-electron chi connectivity index (χ2n) is 5.74. The number of nitrogens with zero attached hydrogens (tertiary/aromatic N) is 2. The molecule has 124 valence electrons. The summed E-state index contributed by atoms with van der Waals surface area (Å²) in [6.45, 7) is 4.17. The van der Waals surface area contributed by atoms with Gasteiger partial charge < -0.3 is 14.8 Å². The first-order chi connectivity index (χ1) is 11.2. The number of aromatic nitrogens is 2. The van der Waals surface area contributed by atoms with Gasteiger partial charge in [-0.1, -0.05) is 18.5 Å². The van der Waals surface area contributed by atoms with Crippen molar-refractivity contribution in [2.75, 3.05) is 13.2 Å². The molecule has 0 saturated heterocycles. The van der Waals surface area contributed by atoms with E-state index in [1.54, 1.807) is 0 Å². The molecule has 0 spiro atoms. The lowest BCUT2D eigenvalue weighted by molar-refractivity contribution is 0.297. The summed E-state index contributed by atoms with van der Waals surface area (Å²) in [4.78, 5) is 0. The Hall–Kier alpha value is -1.72. The highest BCUT2D eigenvalue weighted by molar-refractivity contribution is 6.32. The van der Waals surface area contributed by atoms with Gasteiger partial charge in [0.15, 0.2) is 11.5 Å². The lowest BCUT2D eigenvalue weighted by atomic mass is 10.1. The monoisotopic (exact) mass is 335 g/mol. The molecule has 3 rings (SSSR count). The van der Waals surface area contributed by atoms with Crippen LogP contribution in [0.4, 0.5) is 0 Å². The number of fused-ring (bicyclic) bond motifs is 1. The number of nitrogens with one attached hydrogen (secondary N) is 1. The van der Waals surface area contributed by atoms with Crippen molar-refractivity contribution in [3.05, 3.63) is 40.7 Å². The fourth-order valence-electron chi connectivity index (χ4n) is 2.75. The van der Waals surface area contributed by atoms with E-state index in [9.17, 15) is 0 Å². The van der Waals surface area contributed by atoms with Crippen LogP contribution >= 0.6 is 11.6 Å². The quantitative estimate of drug-likeness (QED) is 0.908. The van der Waals surface area contributed by atoms with Crippen molar-refractivity contribution in [2.24, 2.45) is 7.05 Å². The number of hydrogen-bond acceptors (Lipinski definition) is 4. The Morgan fingerprint density at radius 1 is 1.35 bits per heavy atom. The van der Waals surface area contributed by atoms with E-state index in [2.05, 4.69) is 17.3 Å². The lowest BCUT2D eigenvalue weighted by Crippen LogP contribution is -2.20. The lowest BCUT2D eigenvalue weighted by Gasteiger charge is -2.17. The summed E-state index contributed by atoms with van der Waals surface area (Å²) in [5.41, 5.74) is 2.28. The largest absolute Gasteiger partial charge is 0.489 e. The molecule has 1 aromatic heterocycles. The van der Waals surface area contributed by atoms with Crippen LogP contribution < -0.4 is 14.8 Å². The summed E-state index contributed by atoms with van der Waals surface area (Å²) in [6, 6.07) is 4.21. The second-order valence-corrected chi connectivity index (χ2v) is 6.15. The first-order valence-electron chi connectivity index (χ1n) is 7.97. The number of ether oxygens (including phenoxy) is 2. The number of hydrogen-bond donors (Lipinski definition) is 1. The molecular formula is C17H22ClN3O2. The van der Waals surface area contributed by atoms with Gasteiger partial charge in [0.05, 0.1) is 24.4 Å². The van der Waals surface area contributed by atoms with E-state index < -0.39 is 0 Å². The third-order valence-electron chi connectivity index (χ3n) is 3.95. The smallest absolute Gasteiger partial charge is 0.179 e. The third-order valence-corrected chi connectivity index (χ3v) is 4.23. The van der Waals surface area contributed by atoms with Gasteiger partial charge in [-0.05, 0) is 24.1 Å². The average Bonchev–Trinajstić information content (AvgIpc) is 2.82. The average molecular weight is 336 g/mol. The fraction of sp³-hybridized carbons (Fsp3) is 0.471. The predicted octanol–water partition coefficient (Wildman–Crippen LogP) is 3.48. The highest BCUT2D eigenvalue weighted by atomic mass is 35.5. The van der Waals surface area contributed by atoms with Crippen LogP contribution in [0.1, 0.15) is 36.9 Å². The molecule has 1 aromatic carbocycles. The zero-order valence-electron chi connectivity index (χ0n) is 13.5. The summed E-state index contributed by atoms with van der Waals surface area (Å²) in [6.07, 6.45) is 5.81. The molecule has 0 fully saturated rings. The summed E-state index contributed by atoms with van der Waals surface area (Å²) in [7, 11) is 1.93. The molecule has 0 radical (unpaired) electrons. The van der Waals surface area contributed by atoms with E-state index in [0.717, 1.165) is 24.2 Å². The van der Waals surface area contributed by atoms with Crippen molar-refractivity contribution >= 4 is 11.6 Å². The SMILES string of the molecule is CCC(NCc1cc(Cl)c2c(c1)OCCCO2)c1cnn(C)c1. The van der Waals surface area contributed by atoms with Crippen molar-refractivity contribution in [3.8, 4) is 11.5 Å². The molecular weight excluding hydrogens is 314 g/mol. The van der Waals surface area contributed by atoms with Crippen LogP contribution in [0.15, 0.2) is 24.5 Å². The molecule has 1 aliphatic rings. The maximum absolute atomic E-state index is 6.34. The number of benzene rings is 1. The molecule has 1 N–H and O–H groups in total. The van der Waals surface area contributed by atoms with Crippen LogP contribution in [0.25, 0.3) is 0 Å². The van der Waals surface area contributed by atoms with Crippen molar-refractivity contribution in [1.82, 2.24) is 15.1 Å². The fourth-order valence-corrected chi connectivity index (χ4v) is 3.03. The Kier molecular flexibility index (Phi) is 5.08. The van der Waals surface area contributed by atoms with Gasteiger partial charge in [0.25, 0.3) is 0 Å². The maximum Gasteiger partial charge on any atom is 0.179 e. The van der Waals surface area contributed by atoms with Crippen LogP contribution in [0, 0.1) is 0 Å². The molecule has 6 heteroatoms. The Morgan fingerprint density at radius 2 is 2.17 bits per heavy atom.